The minimum absolute atomic E-state index is 0.666. The predicted octanol–water partition coefficient (Wildman–Crippen LogP) is 2.06. The Hall–Kier alpha value is -1.35. The molecule has 3 nitrogen and oxygen atoms in total. The van der Waals surface area contributed by atoms with Crippen LogP contribution in [0.4, 0.5) is 0 Å². The maximum Gasteiger partial charge on any atom is 0.136 e. The molecule has 2 aliphatic rings. The Morgan fingerprint density at radius 2 is 2.06 bits per heavy atom. The molecule has 2 aromatic rings. The standard InChI is InChI=1S/C13H14N2O/c1-2-9-6-11-12(7-10(9)3-1)15-4-5-16-8-13(15)14-11/h6-7H,1-5,8H2. The van der Waals surface area contributed by atoms with Gasteiger partial charge in [-0.05, 0) is 42.5 Å². The summed E-state index contributed by atoms with van der Waals surface area (Å²) < 4.78 is 7.76. The van der Waals surface area contributed by atoms with E-state index in [1.807, 2.05) is 0 Å². The minimum atomic E-state index is 0.666. The number of hydrogen-bond acceptors (Lipinski definition) is 2. The summed E-state index contributed by atoms with van der Waals surface area (Å²) in [6.07, 6.45) is 3.77. The summed E-state index contributed by atoms with van der Waals surface area (Å²) in [6.45, 7) is 2.43. The van der Waals surface area contributed by atoms with Gasteiger partial charge < -0.3 is 9.30 Å². The van der Waals surface area contributed by atoms with Crippen LogP contribution in [0.25, 0.3) is 11.0 Å². The van der Waals surface area contributed by atoms with E-state index in [1.165, 1.54) is 35.9 Å². The summed E-state index contributed by atoms with van der Waals surface area (Å²) in [6, 6.07) is 4.63. The van der Waals surface area contributed by atoms with E-state index < -0.39 is 0 Å². The van der Waals surface area contributed by atoms with E-state index in [9.17, 15) is 0 Å². The van der Waals surface area contributed by atoms with Gasteiger partial charge in [0.2, 0.25) is 0 Å². The van der Waals surface area contributed by atoms with E-state index in [-0.39, 0.29) is 0 Å². The Kier molecular flexibility index (Phi) is 1.68. The van der Waals surface area contributed by atoms with Gasteiger partial charge in [0.05, 0.1) is 17.6 Å². The van der Waals surface area contributed by atoms with Crippen LogP contribution in [-0.4, -0.2) is 16.2 Å². The summed E-state index contributed by atoms with van der Waals surface area (Å²) >= 11 is 0. The summed E-state index contributed by atoms with van der Waals surface area (Å²) in [7, 11) is 0. The fraction of sp³-hybridized carbons (Fsp3) is 0.462. The van der Waals surface area contributed by atoms with E-state index in [0.29, 0.717) is 6.61 Å². The number of aromatic nitrogens is 2. The van der Waals surface area contributed by atoms with Crippen LogP contribution in [0.15, 0.2) is 12.1 Å². The maximum absolute atomic E-state index is 5.44. The minimum Gasteiger partial charge on any atom is -0.372 e. The van der Waals surface area contributed by atoms with E-state index >= 15 is 0 Å². The third-order valence-electron chi connectivity index (χ3n) is 3.73. The molecule has 0 radical (unpaired) electrons. The molecule has 0 atom stereocenters. The van der Waals surface area contributed by atoms with Gasteiger partial charge in [0.25, 0.3) is 0 Å². The molecule has 0 amide bonds. The number of imidazole rings is 1. The number of benzene rings is 1. The van der Waals surface area contributed by atoms with Crippen molar-refractivity contribution in [2.75, 3.05) is 6.61 Å². The molecule has 2 heterocycles. The number of nitrogens with zero attached hydrogens (tertiary/aromatic N) is 2. The molecule has 1 aromatic carbocycles. The second-order valence-electron chi connectivity index (χ2n) is 4.70. The first-order valence-corrected chi connectivity index (χ1v) is 6.00. The lowest BCUT2D eigenvalue weighted by Gasteiger charge is -2.14. The fourth-order valence-corrected chi connectivity index (χ4v) is 2.92. The highest BCUT2D eigenvalue weighted by Gasteiger charge is 2.18. The number of rotatable bonds is 0. The Bertz CT molecular complexity index is 571. The van der Waals surface area contributed by atoms with Crippen LogP contribution >= 0.6 is 0 Å². The van der Waals surface area contributed by atoms with E-state index in [4.69, 9.17) is 4.74 Å². The highest BCUT2D eigenvalue weighted by molar-refractivity contribution is 5.78. The first-order valence-electron chi connectivity index (χ1n) is 6.00. The molecule has 1 aliphatic heterocycles. The molecule has 1 aromatic heterocycles. The first kappa shape index (κ1) is 8.76. The molecule has 4 rings (SSSR count). The van der Waals surface area contributed by atoms with Gasteiger partial charge in [-0.3, -0.25) is 0 Å². The third-order valence-corrected chi connectivity index (χ3v) is 3.73. The smallest absolute Gasteiger partial charge is 0.136 e. The summed E-state index contributed by atoms with van der Waals surface area (Å²) in [5, 5.41) is 0. The summed E-state index contributed by atoms with van der Waals surface area (Å²) in [4.78, 5) is 4.67. The van der Waals surface area contributed by atoms with Crippen molar-refractivity contribution in [2.45, 2.75) is 32.4 Å². The van der Waals surface area contributed by atoms with Crippen molar-refractivity contribution < 1.29 is 4.74 Å². The molecular formula is C13H14N2O. The van der Waals surface area contributed by atoms with Crippen molar-refractivity contribution in [1.82, 2.24) is 9.55 Å². The Balaban J connectivity index is 2.02. The number of aryl methyl sites for hydroxylation is 2. The zero-order chi connectivity index (χ0) is 10.5. The normalized spacial score (nSPS) is 18.8. The molecule has 16 heavy (non-hydrogen) atoms. The Morgan fingerprint density at radius 1 is 1.19 bits per heavy atom. The second-order valence-corrected chi connectivity index (χ2v) is 4.70. The Morgan fingerprint density at radius 3 is 3.00 bits per heavy atom. The lowest BCUT2D eigenvalue weighted by Crippen LogP contribution is -2.16. The Labute approximate surface area is 94.0 Å². The van der Waals surface area contributed by atoms with Gasteiger partial charge in [0.15, 0.2) is 0 Å². The second kappa shape index (κ2) is 3.08. The average molecular weight is 214 g/mol. The molecule has 0 bridgehead atoms. The van der Waals surface area contributed by atoms with E-state index in [0.717, 1.165) is 24.5 Å². The third kappa shape index (κ3) is 1.09. The average Bonchev–Trinajstić information content (AvgIpc) is 2.88. The first-order chi connectivity index (χ1) is 7.92. The van der Waals surface area contributed by atoms with Gasteiger partial charge in [-0.2, -0.15) is 0 Å². The largest absolute Gasteiger partial charge is 0.372 e. The van der Waals surface area contributed by atoms with Gasteiger partial charge in [0, 0.05) is 6.54 Å². The van der Waals surface area contributed by atoms with Gasteiger partial charge in [-0.25, -0.2) is 4.98 Å². The monoisotopic (exact) mass is 214 g/mol. The lowest BCUT2D eigenvalue weighted by molar-refractivity contribution is 0.0830. The van der Waals surface area contributed by atoms with Gasteiger partial charge in [-0.15, -0.1) is 0 Å². The predicted molar refractivity (Wildman–Crippen MR) is 61.4 cm³/mol. The zero-order valence-electron chi connectivity index (χ0n) is 9.20. The maximum atomic E-state index is 5.44. The molecule has 82 valence electrons. The summed E-state index contributed by atoms with van der Waals surface area (Å²) in [5.74, 6) is 1.09. The van der Waals surface area contributed by atoms with E-state index in [2.05, 4.69) is 21.7 Å². The van der Waals surface area contributed by atoms with Crippen LogP contribution in [0.1, 0.15) is 23.4 Å². The van der Waals surface area contributed by atoms with Crippen LogP contribution in [0.5, 0.6) is 0 Å². The van der Waals surface area contributed by atoms with Crippen molar-refractivity contribution in [3.8, 4) is 0 Å². The van der Waals surface area contributed by atoms with Gasteiger partial charge in [0.1, 0.15) is 12.4 Å². The highest BCUT2D eigenvalue weighted by atomic mass is 16.5. The van der Waals surface area contributed by atoms with Crippen LogP contribution in [0.2, 0.25) is 0 Å². The quantitative estimate of drug-likeness (QED) is 0.671. The number of hydrogen-bond donors (Lipinski definition) is 0. The molecule has 0 fully saturated rings. The molecule has 0 spiro atoms. The van der Waals surface area contributed by atoms with Crippen molar-refractivity contribution >= 4 is 11.0 Å². The topological polar surface area (TPSA) is 27.1 Å². The molecule has 0 N–H and O–H groups in total. The van der Waals surface area contributed by atoms with Crippen LogP contribution in [0, 0.1) is 0 Å². The summed E-state index contributed by atoms with van der Waals surface area (Å²) in [5.41, 5.74) is 5.49. The van der Waals surface area contributed by atoms with Crippen molar-refractivity contribution in [2.24, 2.45) is 0 Å². The van der Waals surface area contributed by atoms with Gasteiger partial charge >= 0.3 is 0 Å². The van der Waals surface area contributed by atoms with E-state index in [1.54, 1.807) is 0 Å². The van der Waals surface area contributed by atoms with Crippen molar-refractivity contribution in [3.05, 3.63) is 29.1 Å². The van der Waals surface area contributed by atoms with Crippen molar-refractivity contribution in [1.29, 1.82) is 0 Å². The molecule has 0 unspecified atom stereocenters. The molecule has 0 saturated carbocycles. The SMILES string of the molecule is c1c2c(cc3c1nc1n3CCOC1)CCC2. The molecule has 0 saturated heterocycles. The zero-order valence-corrected chi connectivity index (χ0v) is 9.20. The van der Waals surface area contributed by atoms with Crippen molar-refractivity contribution in [3.63, 3.8) is 0 Å². The molecule has 1 aliphatic carbocycles. The van der Waals surface area contributed by atoms with Gasteiger partial charge in [-0.1, -0.05) is 0 Å². The highest BCUT2D eigenvalue weighted by Crippen LogP contribution is 2.28. The van der Waals surface area contributed by atoms with Crippen LogP contribution < -0.4 is 0 Å². The molecule has 3 heteroatoms. The van der Waals surface area contributed by atoms with Crippen LogP contribution in [0.3, 0.4) is 0 Å². The van der Waals surface area contributed by atoms with Crippen LogP contribution in [-0.2, 0) is 30.7 Å². The lowest BCUT2D eigenvalue weighted by atomic mass is 10.1. The number of ether oxygens (including phenoxy) is 1. The number of fused-ring (bicyclic) bond motifs is 4. The fourth-order valence-electron chi connectivity index (χ4n) is 2.92. The molecular weight excluding hydrogens is 200 g/mol.